The molecule has 3 heterocycles. The summed E-state index contributed by atoms with van der Waals surface area (Å²) in [6.45, 7) is -0.0593. The summed E-state index contributed by atoms with van der Waals surface area (Å²) >= 11 is 6.39. The predicted octanol–water partition coefficient (Wildman–Crippen LogP) is 7.93. The van der Waals surface area contributed by atoms with Crippen molar-refractivity contribution in [2.75, 3.05) is 0 Å². The Hall–Kier alpha value is -3.99. The fraction of sp³-hybridized carbons (Fsp3) is 0.154. The highest BCUT2D eigenvalue weighted by molar-refractivity contribution is 6.33. The lowest BCUT2D eigenvalue weighted by Crippen LogP contribution is -2.31. The van der Waals surface area contributed by atoms with Crippen LogP contribution in [0.5, 0.6) is 0 Å². The van der Waals surface area contributed by atoms with E-state index in [1.54, 1.807) is 48.7 Å². The van der Waals surface area contributed by atoms with Gasteiger partial charge in [-0.2, -0.15) is 26.3 Å². The highest BCUT2D eigenvalue weighted by atomic mass is 35.5. The van der Waals surface area contributed by atoms with Gasteiger partial charge in [0.2, 0.25) is 12.1 Å². The van der Waals surface area contributed by atoms with Gasteiger partial charge in [0.05, 0.1) is 23.9 Å². The number of alkyl halides is 6. The molecular weight excluding hydrogens is 536 g/mol. The quantitative estimate of drug-likeness (QED) is 0.236. The molecule has 0 fully saturated rings. The number of rotatable bonds is 5. The lowest BCUT2D eigenvalue weighted by Gasteiger charge is -2.27. The van der Waals surface area contributed by atoms with Crippen LogP contribution in [0.15, 0.2) is 88.9 Å². The second-order valence-corrected chi connectivity index (χ2v) is 8.74. The highest BCUT2D eigenvalue weighted by Gasteiger charge is 2.41. The molecule has 196 valence electrons. The number of amidine groups is 1. The standard InChI is InChI=1S/C26H16ClF6N3O2/c27-21-5-2-1-4-20(21)19-7-8-34-13-16(19)14-36-23(22-6-3-9-37-22)35-38-24(36)15-10-17(25(28,29)30)12-18(11-15)26(31,32)33/h1-13,24H,14H2. The molecule has 2 aromatic carbocycles. The lowest BCUT2D eigenvalue weighted by atomic mass is 10.00. The Labute approximate surface area is 216 Å². The molecule has 0 aliphatic carbocycles. The van der Waals surface area contributed by atoms with Crippen LogP contribution in [0.3, 0.4) is 0 Å². The number of aromatic nitrogens is 1. The summed E-state index contributed by atoms with van der Waals surface area (Å²) in [7, 11) is 0. The van der Waals surface area contributed by atoms with Crippen molar-refractivity contribution in [2.45, 2.75) is 25.1 Å². The van der Waals surface area contributed by atoms with Crippen molar-refractivity contribution in [1.29, 1.82) is 0 Å². The van der Waals surface area contributed by atoms with Crippen molar-refractivity contribution in [3.8, 4) is 11.1 Å². The van der Waals surface area contributed by atoms with E-state index in [4.69, 9.17) is 20.9 Å². The minimum absolute atomic E-state index is 0.0593. The predicted molar refractivity (Wildman–Crippen MR) is 126 cm³/mol. The molecule has 38 heavy (non-hydrogen) atoms. The molecule has 0 spiro atoms. The number of halogens is 7. The minimum atomic E-state index is -5.02. The first-order valence-electron chi connectivity index (χ1n) is 11.0. The highest BCUT2D eigenvalue weighted by Crippen LogP contribution is 2.41. The van der Waals surface area contributed by atoms with E-state index >= 15 is 0 Å². The molecule has 0 saturated heterocycles. The molecular formula is C26H16ClF6N3O2. The van der Waals surface area contributed by atoms with Gasteiger partial charge in [0, 0.05) is 28.5 Å². The molecule has 5 rings (SSSR count). The Bertz CT molecular complexity index is 1450. The molecule has 0 bridgehead atoms. The number of oxime groups is 1. The number of pyridine rings is 1. The zero-order valence-electron chi connectivity index (χ0n) is 19.1. The molecule has 4 aromatic rings. The van der Waals surface area contributed by atoms with Gasteiger partial charge >= 0.3 is 12.4 Å². The SMILES string of the molecule is FC(F)(F)c1cc(C2ON=C(c3ccco3)N2Cc2cnccc2-c2ccccc2Cl)cc(C(F)(F)F)c1. The zero-order chi connectivity index (χ0) is 27.1. The molecule has 0 amide bonds. The molecule has 1 unspecified atom stereocenters. The summed E-state index contributed by atoms with van der Waals surface area (Å²) in [6.07, 6.45) is -7.05. The van der Waals surface area contributed by atoms with Gasteiger partial charge in [-0.25, -0.2) is 0 Å². The topological polar surface area (TPSA) is 50.9 Å². The Balaban J connectivity index is 1.62. The Kier molecular flexibility index (Phi) is 6.56. The average molecular weight is 552 g/mol. The molecule has 1 aliphatic rings. The third-order valence-corrected chi connectivity index (χ3v) is 6.17. The normalized spacial score (nSPS) is 15.9. The van der Waals surface area contributed by atoms with Crippen molar-refractivity contribution < 1.29 is 35.6 Å². The molecule has 0 N–H and O–H groups in total. The smallest absolute Gasteiger partial charge is 0.416 e. The fourth-order valence-electron chi connectivity index (χ4n) is 4.11. The van der Waals surface area contributed by atoms with Gasteiger partial charge in [0.1, 0.15) is 0 Å². The minimum Gasteiger partial charge on any atom is -0.461 e. The second-order valence-electron chi connectivity index (χ2n) is 8.33. The fourth-order valence-corrected chi connectivity index (χ4v) is 4.35. The second kappa shape index (κ2) is 9.71. The molecule has 1 atom stereocenters. The van der Waals surface area contributed by atoms with Crippen molar-refractivity contribution in [1.82, 2.24) is 9.88 Å². The van der Waals surface area contributed by atoms with Crippen molar-refractivity contribution in [2.24, 2.45) is 5.16 Å². The number of furan rings is 1. The van der Waals surface area contributed by atoms with Crippen molar-refractivity contribution in [3.05, 3.63) is 112 Å². The summed E-state index contributed by atoms with van der Waals surface area (Å²) in [5, 5.41) is 4.40. The first-order chi connectivity index (χ1) is 18.0. The molecule has 2 aromatic heterocycles. The van der Waals surface area contributed by atoms with Crippen LogP contribution in [0.4, 0.5) is 26.3 Å². The average Bonchev–Trinajstić information content (AvgIpc) is 3.54. The molecule has 0 saturated carbocycles. The van der Waals surface area contributed by atoms with Gasteiger partial charge in [0.25, 0.3) is 0 Å². The van der Waals surface area contributed by atoms with E-state index in [0.717, 1.165) is 0 Å². The number of benzene rings is 2. The van der Waals surface area contributed by atoms with Crippen LogP contribution in [0.2, 0.25) is 5.02 Å². The van der Waals surface area contributed by atoms with E-state index in [1.165, 1.54) is 17.4 Å². The van der Waals surface area contributed by atoms with Crippen LogP contribution in [-0.2, 0) is 23.7 Å². The molecule has 1 aliphatic heterocycles. The Morgan fingerprint density at radius 2 is 1.58 bits per heavy atom. The number of hydrogen-bond acceptors (Lipinski definition) is 5. The monoisotopic (exact) mass is 551 g/mol. The summed E-state index contributed by atoms with van der Waals surface area (Å²) in [6, 6.07) is 13.1. The Morgan fingerprint density at radius 1 is 0.868 bits per heavy atom. The van der Waals surface area contributed by atoms with Gasteiger partial charge in [-0.15, -0.1) is 0 Å². The summed E-state index contributed by atoms with van der Waals surface area (Å²) in [5.41, 5.74) is -1.42. The van der Waals surface area contributed by atoms with Crippen LogP contribution in [0.25, 0.3) is 11.1 Å². The summed E-state index contributed by atoms with van der Waals surface area (Å²) in [5.74, 6) is 0.290. The van der Waals surface area contributed by atoms with Crippen molar-refractivity contribution in [3.63, 3.8) is 0 Å². The maximum atomic E-state index is 13.6. The van der Waals surface area contributed by atoms with Gasteiger partial charge in [-0.05, 0) is 53.6 Å². The van der Waals surface area contributed by atoms with Crippen LogP contribution in [0, 0.1) is 0 Å². The van der Waals surface area contributed by atoms with E-state index in [9.17, 15) is 26.3 Å². The van der Waals surface area contributed by atoms with Crippen LogP contribution in [-0.4, -0.2) is 15.7 Å². The zero-order valence-corrected chi connectivity index (χ0v) is 19.8. The first kappa shape index (κ1) is 25.7. The maximum absolute atomic E-state index is 13.6. The van der Waals surface area contributed by atoms with Crippen LogP contribution in [0.1, 0.15) is 34.2 Å². The third-order valence-electron chi connectivity index (χ3n) is 5.84. The number of hydrogen-bond donors (Lipinski definition) is 0. The first-order valence-corrected chi connectivity index (χ1v) is 11.4. The van der Waals surface area contributed by atoms with Crippen LogP contribution < -0.4 is 0 Å². The van der Waals surface area contributed by atoms with E-state index in [2.05, 4.69) is 10.1 Å². The summed E-state index contributed by atoms with van der Waals surface area (Å²) in [4.78, 5) is 11.0. The largest absolute Gasteiger partial charge is 0.461 e. The van der Waals surface area contributed by atoms with E-state index in [-0.39, 0.29) is 29.8 Å². The Morgan fingerprint density at radius 3 is 2.21 bits per heavy atom. The lowest BCUT2D eigenvalue weighted by molar-refractivity contribution is -0.143. The molecule has 12 heteroatoms. The maximum Gasteiger partial charge on any atom is 0.416 e. The molecule has 5 nitrogen and oxygen atoms in total. The van der Waals surface area contributed by atoms with Crippen LogP contribution >= 0.6 is 11.6 Å². The van der Waals surface area contributed by atoms with Gasteiger partial charge in [0.15, 0.2) is 5.76 Å². The third kappa shape index (κ3) is 5.06. The van der Waals surface area contributed by atoms with Gasteiger partial charge < -0.3 is 14.2 Å². The van der Waals surface area contributed by atoms with Crippen molar-refractivity contribution >= 4 is 17.4 Å². The van der Waals surface area contributed by atoms with Gasteiger partial charge in [-0.3, -0.25) is 4.98 Å². The van der Waals surface area contributed by atoms with Gasteiger partial charge in [-0.1, -0.05) is 35.0 Å². The van der Waals surface area contributed by atoms with E-state index in [0.29, 0.717) is 33.8 Å². The summed E-state index contributed by atoms with van der Waals surface area (Å²) < 4.78 is 86.8. The van der Waals surface area contributed by atoms with E-state index < -0.39 is 29.7 Å². The number of nitrogens with zero attached hydrogens (tertiary/aromatic N) is 3. The van der Waals surface area contributed by atoms with E-state index in [1.807, 2.05) is 0 Å². The molecule has 0 radical (unpaired) electrons.